The molecule has 0 spiro atoms. The minimum atomic E-state index is -0.478. The van der Waals surface area contributed by atoms with Crippen molar-refractivity contribution in [3.8, 4) is 0 Å². The highest BCUT2D eigenvalue weighted by Gasteiger charge is 2.41. The molecule has 7 heteroatoms. The van der Waals surface area contributed by atoms with E-state index in [0.29, 0.717) is 18.5 Å². The Labute approximate surface area is 172 Å². The summed E-state index contributed by atoms with van der Waals surface area (Å²) in [6.45, 7) is 7.56. The van der Waals surface area contributed by atoms with Gasteiger partial charge in [-0.3, -0.25) is 9.78 Å². The van der Waals surface area contributed by atoms with Gasteiger partial charge in [-0.2, -0.15) is 4.98 Å². The lowest BCUT2D eigenvalue weighted by Crippen LogP contribution is -2.45. The summed E-state index contributed by atoms with van der Waals surface area (Å²) in [5.74, 6) is 1.63. The summed E-state index contributed by atoms with van der Waals surface area (Å²) in [6.07, 6.45) is 10.1. The van der Waals surface area contributed by atoms with Crippen molar-refractivity contribution in [2.24, 2.45) is 5.41 Å². The van der Waals surface area contributed by atoms with Crippen molar-refractivity contribution in [1.29, 1.82) is 0 Å². The van der Waals surface area contributed by atoms with Gasteiger partial charge in [-0.15, -0.1) is 0 Å². The quantitative estimate of drug-likeness (QED) is 0.786. The molecule has 1 aliphatic carbocycles. The van der Waals surface area contributed by atoms with Gasteiger partial charge in [0.1, 0.15) is 5.69 Å². The fourth-order valence-corrected chi connectivity index (χ4v) is 4.55. The van der Waals surface area contributed by atoms with Gasteiger partial charge in [0.25, 0.3) is 0 Å². The van der Waals surface area contributed by atoms with Crippen molar-refractivity contribution in [3.63, 3.8) is 0 Å². The van der Waals surface area contributed by atoms with E-state index in [4.69, 9.17) is 4.98 Å². The van der Waals surface area contributed by atoms with E-state index in [0.717, 1.165) is 36.6 Å². The Morgan fingerprint density at radius 2 is 1.90 bits per heavy atom. The maximum absolute atomic E-state index is 13.1. The fraction of sp³-hybridized carbons (Fsp3) is 0.545. The molecule has 29 heavy (non-hydrogen) atoms. The maximum atomic E-state index is 13.1. The average molecular weight is 395 g/mol. The van der Waals surface area contributed by atoms with Gasteiger partial charge in [-0.25, -0.2) is 4.98 Å². The van der Waals surface area contributed by atoms with E-state index in [-0.39, 0.29) is 5.91 Å². The smallest absolute Gasteiger partial charge is 0.234 e. The molecule has 4 rings (SSSR count). The molecule has 1 amide bonds. The zero-order valence-corrected chi connectivity index (χ0v) is 17.8. The topological polar surface area (TPSA) is 65.5 Å². The van der Waals surface area contributed by atoms with Crippen LogP contribution >= 0.6 is 0 Å². The molecule has 1 fully saturated rings. The average Bonchev–Trinajstić information content (AvgIpc) is 3.25. The molecule has 0 atom stereocenters. The van der Waals surface area contributed by atoms with Crippen molar-refractivity contribution in [2.75, 3.05) is 34.8 Å². The SMILES string of the molecule is CCN(c1ccncc1)c1ncc2c(n1)N(C1CCCC1)CC(C)(C)C(=O)N2C. The number of anilines is 4. The lowest BCUT2D eigenvalue weighted by Gasteiger charge is -2.34. The molecule has 0 unspecified atom stereocenters. The normalized spacial score (nSPS) is 19.2. The third-order valence-electron chi connectivity index (χ3n) is 6.12. The summed E-state index contributed by atoms with van der Waals surface area (Å²) < 4.78 is 0. The van der Waals surface area contributed by atoms with Gasteiger partial charge < -0.3 is 14.7 Å². The van der Waals surface area contributed by atoms with Crippen LogP contribution in [0.1, 0.15) is 46.5 Å². The first kappa shape index (κ1) is 19.6. The van der Waals surface area contributed by atoms with E-state index in [1.807, 2.05) is 39.2 Å². The monoisotopic (exact) mass is 394 g/mol. The van der Waals surface area contributed by atoms with E-state index in [1.165, 1.54) is 12.8 Å². The third-order valence-corrected chi connectivity index (χ3v) is 6.12. The highest BCUT2D eigenvalue weighted by molar-refractivity contribution is 6.00. The number of carbonyl (C=O) groups is 1. The Hall–Kier alpha value is -2.70. The van der Waals surface area contributed by atoms with Crippen LogP contribution in [0.5, 0.6) is 0 Å². The maximum Gasteiger partial charge on any atom is 0.234 e. The van der Waals surface area contributed by atoms with Crippen LogP contribution in [-0.2, 0) is 4.79 Å². The second-order valence-electron chi connectivity index (χ2n) is 8.64. The molecule has 2 aromatic rings. The predicted octanol–water partition coefficient (Wildman–Crippen LogP) is 3.78. The van der Waals surface area contributed by atoms with Gasteiger partial charge in [0.2, 0.25) is 11.9 Å². The van der Waals surface area contributed by atoms with Gasteiger partial charge in [-0.1, -0.05) is 12.8 Å². The number of amides is 1. The second-order valence-corrected chi connectivity index (χ2v) is 8.64. The van der Waals surface area contributed by atoms with Crippen LogP contribution in [0.4, 0.5) is 23.1 Å². The van der Waals surface area contributed by atoms with E-state index >= 15 is 0 Å². The second kappa shape index (κ2) is 7.61. The van der Waals surface area contributed by atoms with Gasteiger partial charge in [0.15, 0.2) is 5.82 Å². The number of carbonyl (C=O) groups excluding carboxylic acids is 1. The van der Waals surface area contributed by atoms with E-state index < -0.39 is 5.41 Å². The Kier molecular flexibility index (Phi) is 5.15. The summed E-state index contributed by atoms with van der Waals surface area (Å²) in [5.41, 5.74) is 1.32. The first-order chi connectivity index (χ1) is 13.9. The minimum Gasteiger partial charge on any atom is -0.351 e. The van der Waals surface area contributed by atoms with Crippen molar-refractivity contribution >= 4 is 29.0 Å². The number of aromatic nitrogens is 3. The Morgan fingerprint density at radius 3 is 2.55 bits per heavy atom. The molecular formula is C22H30N6O. The molecule has 0 aromatic carbocycles. The van der Waals surface area contributed by atoms with Gasteiger partial charge in [-0.05, 0) is 45.7 Å². The Morgan fingerprint density at radius 1 is 1.21 bits per heavy atom. The van der Waals surface area contributed by atoms with Crippen LogP contribution in [0.2, 0.25) is 0 Å². The van der Waals surface area contributed by atoms with E-state index in [9.17, 15) is 4.79 Å². The van der Waals surface area contributed by atoms with Gasteiger partial charge in [0.05, 0.1) is 11.6 Å². The number of nitrogens with zero attached hydrogens (tertiary/aromatic N) is 6. The van der Waals surface area contributed by atoms with Crippen molar-refractivity contribution < 1.29 is 4.79 Å². The largest absolute Gasteiger partial charge is 0.351 e. The molecule has 2 aliphatic rings. The number of fused-ring (bicyclic) bond motifs is 1. The molecule has 0 radical (unpaired) electrons. The lowest BCUT2D eigenvalue weighted by molar-refractivity contribution is -0.125. The van der Waals surface area contributed by atoms with E-state index in [1.54, 1.807) is 17.3 Å². The molecule has 1 saturated carbocycles. The molecule has 1 aliphatic heterocycles. The summed E-state index contributed by atoms with van der Waals surface area (Å²) in [6, 6.07) is 4.35. The number of rotatable bonds is 4. The zero-order valence-electron chi connectivity index (χ0n) is 17.8. The number of pyridine rings is 1. The molecule has 0 N–H and O–H groups in total. The lowest BCUT2D eigenvalue weighted by atomic mass is 9.91. The first-order valence-corrected chi connectivity index (χ1v) is 10.5. The molecule has 0 saturated heterocycles. The van der Waals surface area contributed by atoms with Crippen LogP contribution in [0.25, 0.3) is 0 Å². The number of hydrogen-bond acceptors (Lipinski definition) is 6. The Balaban J connectivity index is 1.82. The van der Waals surface area contributed by atoms with Crippen LogP contribution in [0.15, 0.2) is 30.7 Å². The molecule has 0 bridgehead atoms. The van der Waals surface area contributed by atoms with Gasteiger partial charge >= 0.3 is 0 Å². The summed E-state index contributed by atoms with van der Waals surface area (Å²) in [4.78, 5) is 33.1. The van der Waals surface area contributed by atoms with Crippen molar-refractivity contribution in [3.05, 3.63) is 30.7 Å². The molecular weight excluding hydrogens is 364 g/mol. The molecule has 3 heterocycles. The minimum absolute atomic E-state index is 0.108. The van der Waals surface area contributed by atoms with Crippen LogP contribution in [0.3, 0.4) is 0 Å². The van der Waals surface area contributed by atoms with Crippen molar-refractivity contribution in [1.82, 2.24) is 15.0 Å². The zero-order chi connectivity index (χ0) is 20.6. The Bertz CT molecular complexity index is 878. The summed E-state index contributed by atoms with van der Waals surface area (Å²) in [7, 11) is 1.84. The molecule has 154 valence electrons. The first-order valence-electron chi connectivity index (χ1n) is 10.5. The third kappa shape index (κ3) is 3.54. The highest BCUT2D eigenvalue weighted by atomic mass is 16.2. The summed E-state index contributed by atoms with van der Waals surface area (Å²) in [5, 5.41) is 0. The van der Waals surface area contributed by atoms with Crippen LogP contribution in [0, 0.1) is 5.41 Å². The molecule has 7 nitrogen and oxygen atoms in total. The van der Waals surface area contributed by atoms with Crippen LogP contribution < -0.4 is 14.7 Å². The number of hydrogen-bond donors (Lipinski definition) is 0. The van der Waals surface area contributed by atoms with Crippen molar-refractivity contribution in [2.45, 2.75) is 52.5 Å². The van der Waals surface area contributed by atoms with Gasteiger partial charge in [0, 0.05) is 44.3 Å². The fourth-order valence-electron chi connectivity index (χ4n) is 4.55. The van der Waals surface area contributed by atoms with E-state index in [2.05, 4.69) is 26.7 Å². The molecule has 2 aromatic heterocycles. The standard InChI is InChI=1S/C22H30N6O/c1-5-27(17-10-12-23-13-11-17)21-24-14-18-19(25-21)28(16-8-6-7-9-16)15-22(2,3)20(29)26(18)4/h10-14,16H,5-9,15H2,1-4H3. The highest BCUT2D eigenvalue weighted by Crippen LogP contribution is 2.40. The predicted molar refractivity (Wildman–Crippen MR) is 116 cm³/mol. The summed E-state index contributed by atoms with van der Waals surface area (Å²) >= 11 is 0. The van der Waals surface area contributed by atoms with Crippen LogP contribution in [-0.4, -0.2) is 47.0 Å².